The van der Waals surface area contributed by atoms with E-state index in [0.717, 1.165) is 11.1 Å². The van der Waals surface area contributed by atoms with Gasteiger partial charge in [-0.25, -0.2) is 0 Å². The summed E-state index contributed by atoms with van der Waals surface area (Å²) in [6.45, 7) is 2.02. The lowest BCUT2D eigenvalue weighted by Crippen LogP contribution is -2.12. The molecule has 0 saturated carbocycles. The quantitative estimate of drug-likeness (QED) is 0.720. The molecule has 6 heteroatoms. The molecule has 2 N–H and O–H groups in total. The number of aromatic nitrogens is 1. The van der Waals surface area contributed by atoms with Crippen molar-refractivity contribution < 1.29 is 19.2 Å². The van der Waals surface area contributed by atoms with E-state index in [1.807, 2.05) is 49.4 Å². The van der Waals surface area contributed by atoms with Crippen molar-refractivity contribution in [3.8, 4) is 17.1 Å². The summed E-state index contributed by atoms with van der Waals surface area (Å²) in [5.74, 6) is 0.737. The normalized spacial score (nSPS) is 10.5. The number of ether oxygens (including phenoxy) is 1. The summed E-state index contributed by atoms with van der Waals surface area (Å²) in [4.78, 5) is 12.4. The first-order chi connectivity index (χ1) is 12.2. The zero-order valence-corrected chi connectivity index (χ0v) is 13.7. The monoisotopic (exact) mass is 338 g/mol. The van der Waals surface area contributed by atoms with Gasteiger partial charge in [-0.05, 0) is 24.6 Å². The summed E-state index contributed by atoms with van der Waals surface area (Å²) in [6.07, 6.45) is 0. The number of aryl methyl sites for hydroxylation is 1. The maximum atomic E-state index is 12.4. The first kappa shape index (κ1) is 16.7. The molecule has 6 nitrogen and oxygen atoms in total. The number of rotatable bonds is 6. The first-order valence-corrected chi connectivity index (χ1v) is 7.84. The molecule has 25 heavy (non-hydrogen) atoms. The van der Waals surface area contributed by atoms with Crippen molar-refractivity contribution in [3.05, 3.63) is 65.9 Å². The van der Waals surface area contributed by atoms with Gasteiger partial charge in [-0.15, -0.1) is 0 Å². The largest absolute Gasteiger partial charge is 0.491 e. The SMILES string of the molecule is Cc1cc(NC(=O)c2cc(-c3ccccc3)on2)cc(OCCO)c1. The topological polar surface area (TPSA) is 84.6 Å². The molecule has 0 bridgehead atoms. The molecule has 1 aromatic heterocycles. The van der Waals surface area contributed by atoms with Crippen LogP contribution in [0.15, 0.2) is 59.1 Å². The summed E-state index contributed by atoms with van der Waals surface area (Å²) >= 11 is 0. The van der Waals surface area contributed by atoms with E-state index in [0.29, 0.717) is 17.2 Å². The minimum Gasteiger partial charge on any atom is -0.491 e. The zero-order chi connectivity index (χ0) is 17.6. The van der Waals surface area contributed by atoms with Crippen LogP contribution in [0.3, 0.4) is 0 Å². The van der Waals surface area contributed by atoms with Crippen LogP contribution in [-0.4, -0.2) is 29.4 Å². The van der Waals surface area contributed by atoms with Gasteiger partial charge in [-0.3, -0.25) is 4.79 Å². The minimum atomic E-state index is -0.371. The lowest BCUT2D eigenvalue weighted by atomic mass is 10.1. The van der Waals surface area contributed by atoms with Gasteiger partial charge in [0, 0.05) is 23.4 Å². The van der Waals surface area contributed by atoms with E-state index in [-0.39, 0.29) is 24.8 Å². The highest BCUT2D eigenvalue weighted by atomic mass is 16.5. The standard InChI is InChI=1S/C19H18N2O4/c1-13-9-15(11-16(10-13)24-8-7-22)20-19(23)17-12-18(25-21-17)14-5-3-2-4-6-14/h2-6,9-12,22H,7-8H2,1H3,(H,20,23). The highest BCUT2D eigenvalue weighted by molar-refractivity contribution is 6.03. The average Bonchev–Trinajstić information content (AvgIpc) is 3.10. The molecule has 3 rings (SSSR count). The third-order valence-corrected chi connectivity index (χ3v) is 3.47. The van der Waals surface area contributed by atoms with Crippen LogP contribution in [0, 0.1) is 6.92 Å². The van der Waals surface area contributed by atoms with Crippen molar-refractivity contribution in [2.45, 2.75) is 6.92 Å². The van der Waals surface area contributed by atoms with E-state index in [4.69, 9.17) is 14.4 Å². The molecule has 0 saturated heterocycles. The maximum Gasteiger partial charge on any atom is 0.277 e. The fourth-order valence-electron chi connectivity index (χ4n) is 2.38. The minimum absolute atomic E-state index is 0.0726. The van der Waals surface area contributed by atoms with Crippen LogP contribution in [0.2, 0.25) is 0 Å². The van der Waals surface area contributed by atoms with Gasteiger partial charge < -0.3 is 19.7 Å². The Hall–Kier alpha value is -3.12. The molecule has 1 amide bonds. The van der Waals surface area contributed by atoms with Gasteiger partial charge in [-0.2, -0.15) is 0 Å². The van der Waals surface area contributed by atoms with Gasteiger partial charge in [0.1, 0.15) is 12.4 Å². The third kappa shape index (κ3) is 4.24. The molecule has 0 radical (unpaired) electrons. The lowest BCUT2D eigenvalue weighted by molar-refractivity contribution is 0.101. The summed E-state index contributed by atoms with van der Waals surface area (Å²) in [5, 5.41) is 15.5. The second kappa shape index (κ2) is 7.63. The molecular weight excluding hydrogens is 320 g/mol. The molecule has 0 fully saturated rings. The number of amides is 1. The van der Waals surface area contributed by atoms with Gasteiger partial charge in [-0.1, -0.05) is 35.5 Å². The van der Waals surface area contributed by atoms with Gasteiger partial charge in [0.25, 0.3) is 5.91 Å². The molecular formula is C19H18N2O4. The number of carbonyl (C=O) groups is 1. The van der Waals surface area contributed by atoms with Crippen molar-refractivity contribution in [1.82, 2.24) is 5.16 Å². The lowest BCUT2D eigenvalue weighted by Gasteiger charge is -2.09. The van der Waals surface area contributed by atoms with Crippen LogP contribution >= 0.6 is 0 Å². The van der Waals surface area contributed by atoms with Crippen LogP contribution in [0.4, 0.5) is 5.69 Å². The number of hydrogen-bond donors (Lipinski definition) is 2. The Morgan fingerprint density at radius 2 is 2.00 bits per heavy atom. The molecule has 0 aliphatic carbocycles. The number of anilines is 1. The van der Waals surface area contributed by atoms with Gasteiger partial charge in [0.15, 0.2) is 11.5 Å². The maximum absolute atomic E-state index is 12.4. The predicted molar refractivity (Wildman–Crippen MR) is 93.7 cm³/mol. The Bertz CT molecular complexity index is 859. The number of nitrogens with zero attached hydrogens (tertiary/aromatic N) is 1. The van der Waals surface area contributed by atoms with E-state index in [2.05, 4.69) is 10.5 Å². The molecule has 128 valence electrons. The number of benzene rings is 2. The second-order valence-electron chi connectivity index (χ2n) is 5.50. The fourth-order valence-corrected chi connectivity index (χ4v) is 2.38. The highest BCUT2D eigenvalue weighted by Crippen LogP contribution is 2.23. The van der Waals surface area contributed by atoms with Crippen molar-refractivity contribution >= 4 is 11.6 Å². The van der Waals surface area contributed by atoms with Crippen molar-refractivity contribution in [3.63, 3.8) is 0 Å². The number of hydrogen-bond acceptors (Lipinski definition) is 5. The highest BCUT2D eigenvalue weighted by Gasteiger charge is 2.14. The molecule has 1 heterocycles. The van der Waals surface area contributed by atoms with Crippen LogP contribution in [0.1, 0.15) is 16.1 Å². The van der Waals surface area contributed by atoms with Crippen LogP contribution in [-0.2, 0) is 0 Å². The number of aliphatic hydroxyl groups excluding tert-OH is 1. The molecule has 0 atom stereocenters. The fraction of sp³-hybridized carbons (Fsp3) is 0.158. The first-order valence-electron chi connectivity index (χ1n) is 7.84. The van der Waals surface area contributed by atoms with Crippen molar-refractivity contribution in [1.29, 1.82) is 0 Å². The second-order valence-corrected chi connectivity index (χ2v) is 5.50. The molecule has 0 aliphatic heterocycles. The Labute approximate surface area is 145 Å². The van der Waals surface area contributed by atoms with E-state index in [1.54, 1.807) is 12.1 Å². The van der Waals surface area contributed by atoms with Gasteiger partial charge >= 0.3 is 0 Å². The van der Waals surface area contributed by atoms with Gasteiger partial charge in [0.05, 0.1) is 6.61 Å². The average molecular weight is 338 g/mol. The van der Waals surface area contributed by atoms with Crippen LogP contribution < -0.4 is 10.1 Å². The van der Waals surface area contributed by atoms with Crippen LogP contribution in [0.25, 0.3) is 11.3 Å². The molecule has 2 aromatic carbocycles. The van der Waals surface area contributed by atoms with Gasteiger partial charge in [0.2, 0.25) is 0 Å². The summed E-state index contributed by atoms with van der Waals surface area (Å²) < 4.78 is 10.6. The Kier molecular flexibility index (Phi) is 5.11. The summed E-state index contributed by atoms with van der Waals surface area (Å²) in [6, 6.07) is 16.4. The predicted octanol–water partition coefficient (Wildman–Crippen LogP) is 3.27. The molecule has 3 aromatic rings. The van der Waals surface area contributed by atoms with E-state index >= 15 is 0 Å². The Morgan fingerprint density at radius 3 is 2.76 bits per heavy atom. The number of nitrogens with one attached hydrogen (secondary N) is 1. The Morgan fingerprint density at radius 1 is 1.20 bits per heavy atom. The Balaban J connectivity index is 1.74. The van der Waals surface area contributed by atoms with Crippen molar-refractivity contribution in [2.24, 2.45) is 0 Å². The number of carbonyl (C=O) groups excluding carboxylic acids is 1. The summed E-state index contributed by atoms with van der Waals surface area (Å²) in [7, 11) is 0. The third-order valence-electron chi connectivity index (χ3n) is 3.47. The molecule has 0 unspecified atom stereocenters. The smallest absolute Gasteiger partial charge is 0.277 e. The number of aliphatic hydroxyl groups is 1. The van der Waals surface area contributed by atoms with E-state index in [1.165, 1.54) is 0 Å². The van der Waals surface area contributed by atoms with E-state index in [9.17, 15) is 4.79 Å². The summed E-state index contributed by atoms with van der Waals surface area (Å²) in [5.41, 5.74) is 2.56. The van der Waals surface area contributed by atoms with Crippen molar-refractivity contribution in [2.75, 3.05) is 18.5 Å². The van der Waals surface area contributed by atoms with Crippen LogP contribution in [0.5, 0.6) is 5.75 Å². The zero-order valence-electron chi connectivity index (χ0n) is 13.7. The molecule has 0 aliphatic rings. The van der Waals surface area contributed by atoms with E-state index < -0.39 is 0 Å². The molecule has 0 spiro atoms.